The van der Waals surface area contributed by atoms with Crippen molar-refractivity contribution in [3.05, 3.63) is 0 Å². The summed E-state index contributed by atoms with van der Waals surface area (Å²) in [5.41, 5.74) is 2.14. The molecule has 0 aromatic heterocycles. The number of hydrazine groups is 1. The Morgan fingerprint density at radius 1 is 1.69 bits per heavy atom. The number of unbranched alkanes of at least 4 members (excludes halogenated alkanes) is 1. The zero-order chi connectivity index (χ0) is 10.1. The third kappa shape index (κ3) is 5.90. The molecule has 13 heavy (non-hydrogen) atoms. The molecule has 1 unspecified atom stereocenters. The van der Waals surface area contributed by atoms with Crippen LogP contribution in [0.1, 0.15) is 19.8 Å². The molecule has 5 heteroatoms. The maximum Gasteiger partial charge on any atom is 0.249 e. The molecule has 0 saturated carbocycles. The van der Waals surface area contributed by atoms with Crippen molar-refractivity contribution >= 4 is 17.7 Å². The van der Waals surface area contributed by atoms with Gasteiger partial charge in [-0.1, -0.05) is 13.3 Å². The molecule has 1 amide bonds. The number of nitrogens with one attached hydrogen (secondary N) is 1. The summed E-state index contributed by atoms with van der Waals surface area (Å²) in [6.07, 6.45) is 2.25. The maximum atomic E-state index is 11.2. The van der Waals surface area contributed by atoms with Crippen molar-refractivity contribution in [2.24, 2.45) is 5.84 Å². The zero-order valence-electron chi connectivity index (χ0n) is 8.21. The van der Waals surface area contributed by atoms with Gasteiger partial charge in [-0.05, 0) is 12.2 Å². The summed E-state index contributed by atoms with van der Waals surface area (Å²) < 4.78 is 4.92. The largest absolute Gasteiger partial charge is 0.383 e. The smallest absolute Gasteiger partial charge is 0.249 e. The van der Waals surface area contributed by atoms with Gasteiger partial charge in [0.25, 0.3) is 0 Å². The van der Waals surface area contributed by atoms with Crippen LogP contribution in [0.15, 0.2) is 0 Å². The minimum atomic E-state index is -0.179. The number of carbonyl (C=O) groups is 1. The van der Waals surface area contributed by atoms with E-state index in [4.69, 9.17) is 10.6 Å². The standard InChI is InChI=1S/C8H18N2O2S/c1-3-4-5-13-7(6-12-2)8(11)10-9/h7H,3-6,9H2,1-2H3,(H,10,11). The highest BCUT2D eigenvalue weighted by atomic mass is 32.2. The number of rotatable bonds is 7. The second kappa shape index (κ2) is 8.34. The first-order chi connectivity index (χ1) is 6.26. The van der Waals surface area contributed by atoms with Crippen molar-refractivity contribution in [2.75, 3.05) is 19.5 Å². The van der Waals surface area contributed by atoms with E-state index in [1.165, 1.54) is 0 Å². The van der Waals surface area contributed by atoms with E-state index >= 15 is 0 Å². The lowest BCUT2D eigenvalue weighted by molar-refractivity contribution is -0.121. The number of hydrogen-bond donors (Lipinski definition) is 2. The number of thioether (sulfide) groups is 1. The number of hydrogen-bond acceptors (Lipinski definition) is 4. The van der Waals surface area contributed by atoms with Crippen LogP contribution in [0, 0.1) is 0 Å². The Balaban J connectivity index is 3.73. The SMILES string of the molecule is CCCCSC(COC)C(=O)NN. The van der Waals surface area contributed by atoms with Crippen molar-refractivity contribution in [3.63, 3.8) is 0 Å². The Bertz CT molecular complexity index is 144. The van der Waals surface area contributed by atoms with E-state index in [0.29, 0.717) is 6.61 Å². The van der Waals surface area contributed by atoms with Crippen molar-refractivity contribution < 1.29 is 9.53 Å². The van der Waals surface area contributed by atoms with Gasteiger partial charge in [0.2, 0.25) is 5.91 Å². The number of ether oxygens (including phenoxy) is 1. The highest BCUT2D eigenvalue weighted by Crippen LogP contribution is 2.13. The summed E-state index contributed by atoms with van der Waals surface area (Å²) in [6.45, 7) is 2.53. The van der Waals surface area contributed by atoms with Gasteiger partial charge >= 0.3 is 0 Å². The van der Waals surface area contributed by atoms with E-state index in [9.17, 15) is 4.79 Å². The molecule has 0 saturated heterocycles. The molecule has 1 atom stereocenters. The first-order valence-electron chi connectivity index (χ1n) is 4.37. The summed E-state index contributed by atoms with van der Waals surface area (Å²) in [7, 11) is 1.58. The van der Waals surface area contributed by atoms with Crippen molar-refractivity contribution in [3.8, 4) is 0 Å². The molecule has 0 aliphatic heterocycles. The van der Waals surface area contributed by atoms with Crippen LogP contribution in [-0.4, -0.2) is 30.6 Å². The van der Waals surface area contributed by atoms with Gasteiger partial charge in [0, 0.05) is 7.11 Å². The van der Waals surface area contributed by atoms with Gasteiger partial charge in [-0.3, -0.25) is 10.2 Å². The Labute approximate surface area is 83.6 Å². The number of amides is 1. The normalized spacial score (nSPS) is 12.5. The summed E-state index contributed by atoms with van der Waals surface area (Å²) in [6, 6.07) is 0. The summed E-state index contributed by atoms with van der Waals surface area (Å²) in [5, 5.41) is -0.179. The fourth-order valence-electron chi connectivity index (χ4n) is 0.814. The Morgan fingerprint density at radius 2 is 2.38 bits per heavy atom. The average Bonchev–Trinajstić information content (AvgIpc) is 2.16. The van der Waals surface area contributed by atoms with E-state index in [0.717, 1.165) is 18.6 Å². The molecule has 0 bridgehead atoms. The van der Waals surface area contributed by atoms with Crippen LogP contribution in [-0.2, 0) is 9.53 Å². The second-order valence-corrected chi connectivity index (χ2v) is 3.99. The highest BCUT2D eigenvalue weighted by Gasteiger charge is 2.16. The Hall–Kier alpha value is -0.260. The van der Waals surface area contributed by atoms with Crippen molar-refractivity contribution in [2.45, 2.75) is 25.0 Å². The van der Waals surface area contributed by atoms with Crippen molar-refractivity contribution in [1.29, 1.82) is 0 Å². The zero-order valence-corrected chi connectivity index (χ0v) is 9.02. The third-order valence-corrected chi connectivity index (χ3v) is 2.85. The predicted molar refractivity (Wildman–Crippen MR) is 55.4 cm³/mol. The predicted octanol–water partition coefficient (Wildman–Crippen LogP) is 0.525. The van der Waals surface area contributed by atoms with Gasteiger partial charge in [0.05, 0.1) is 6.61 Å². The average molecular weight is 206 g/mol. The molecule has 0 aromatic carbocycles. The second-order valence-electron chi connectivity index (χ2n) is 2.68. The molecule has 0 aromatic rings. The topological polar surface area (TPSA) is 64.3 Å². The van der Waals surface area contributed by atoms with Gasteiger partial charge in [0.15, 0.2) is 0 Å². The molecule has 0 spiro atoms. The Kier molecular flexibility index (Phi) is 8.18. The third-order valence-electron chi connectivity index (χ3n) is 1.57. The van der Waals surface area contributed by atoms with Crippen molar-refractivity contribution in [1.82, 2.24) is 5.43 Å². The van der Waals surface area contributed by atoms with E-state index < -0.39 is 0 Å². The first kappa shape index (κ1) is 12.7. The molecule has 0 rings (SSSR count). The van der Waals surface area contributed by atoms with E-state index in [1.54, 1.807) is 18.9 Å². The minimum absolute atomic E-state index is 0.164. The van der Waals surface area contributed by atoms with E-state index in [2.05, 4.69) is 12.3 Å². The lowest BCUT2D eigenvalue weighted by atomic mass is 10.4. The molecule has 0 aliphatic rings. The van der Waals surface area contributed by atoms with Gasteiger partial charge < -0.3 is 4.74 Å². The molecular weight excluding hydrogens is 188 g/mol. The van der Waals surface area contributed by atoms with Gasteiger partial charge in [0.1, 0.15) is 5.25 Å². The number of carbonyl (C=O) groups excluding carboxylic acids is 1. The molecule has 0 heterocycles. The summed E-state index contributed by atoms with van der Waals surface area (Å²) in [5.74, 6) is 5.85. The lowest BCUT2D eigenvalue weighted by Crippen LogP contribution is -2.39. The molecular formula is C8H18N2O2S. The molecule has 0 radical (unpaired) electrons. The molecule has 78 valence electrons. The fourth-order valence-corrected chi connectivity index (χ4v) is 2.01. The van der Waals surface area contributed by atoms with Crippen LogP contribution in [0.2, 0.25) is 0 Å². The Morgan fingerprint density at radius 3 is 2.85 bits per heavy atom. The lowest BCUT2D eigenvalue weighted by Gasteiger charge is -2.13. The molecule has 4 nitrogen and oxygen atoms in total. The molecule has 3 N–H and O–H groups in total. The minimum Gasteiger partial charge on any atom is -0.383 e. The monoisotopic (exact) mass is 206 g/mol. The summed E-state index contributed by atoms with van der Waals surface area (Å²) in [4.78, 5) is 11.2. The summed E-state index contributed by atoms with van der Waals surface area (Å²) >= 11 is 1.59. The maximum absolute atomic E-state index is 11.2. The van der Waals surface area contributed by atoms with Crippen LogP contribution in [0.3, 0.4) is 0 Å². The van der Waals surface area contributed by atoms with Crippen LogP contribution in [0.5, 0.6) is 0 Å². The van der Waals surface area contributed by atoms with Crippen LogP contribution in [0.25, 0.3) is 0 Å². The van der Waals surface area contributed by atoms with Crippen LogP contribution >= 0.6 is 11.8 Å². The van der Waals surface area contributed by atoms with E-state index in [-0.39, 0.29) is 11.2 Å². The first-order valence-corrected chi connectivity index (χ1v) is 5.42. The quantitative estimate of drug-likeness (QED) is 0.276. The number of nitrogens with two attached hydrogens (primary N) is 1. The van der Waals surface area contributed by atoms with Gasteiger partial charge in [-0.15, -0.1) is 11.8 Å². The molecule has 0 aliphatic carbocycles. The number of methoxy groups -OCH3 is 1. The van der Waals surface area contributed by atoms with Gasteiger partial charge in [-0.25, -0.2) is 5.84 Å². The highest BCUT2D eigenvalue weighted by molar-refractivity contribution is 8.00. The van der Waals surface area contributed by atoms with Crippen LogP contribution < -0.4 is 11.3 Å². The van der Waals surface area contributed by atoms with Crippen LogP contribution in [0.4, 0.5) is 0 Å². The fraction of sp³-hybridized carbons (Fsp3) is 0.875. The van der Waals surface area contributed by atoms with E-state index in [1.807, 2.05) is 0 Å². The van der Waals surface area contributed by atoms with Gasteiger partial charge in [-0.2, -0.15) is 0 Å². The molecule has 0 fully saturated rings.